The highest BCUT2D eigenvalue weighted by Crippen LogP contribution is 2.22. The van der Waals surface area contributed by atoms with E-state index < -0.39 is 0 Å². The fourth-order valence-corrected chi connectivity index (χ4v) is 2.44. The van der Waals surface area contributed by atoms with Gasteiger partial charge in [-0.25, -0.2) is 0 Å². The molecule has 1 aromatic heterocycles. The molecule has 28 heavy (non-hydrogen) atoms. The van der Waals surface area contributed by atoms with Gasteiger partial charge in [0.1, 0.15) is 17.2 Å². The maximum atomic E-state index is 12.3. The molecule has 0 aliphatic carbocycles. The second-order valence-corrected chi connectivity index (χ2v) is 5.96. The molecule has 0 atom stereocenters. The summed E-state index contributed by atoms with van der Waals surface area (Å²) in [4.78, 5) is 18.1. The number of aromatic nitrogens is 2. The van der Waals surface area contributed by atoms with Crippen LogP contribution in [0.4, 0.5) is 0 Å². The molecule has 1 heterocycles. The van der Waals surface area contributed by atoms with E-state index in [2.05, 4.69) is 10.1 Å². The Labute approximate surface area is 162 Å². The van der Waals surface area contributed by atoms with Gasteiger partial charge in [-0.15, -0.1) is 0 Å². The first-order valence-corrected chi connectivity index (χ1v) is 8.57. The number of amides is 1. The average Bonchev–Trinajstić information content (AvgIpc) is 3.20. The minimum Gasteiger partial charge on any atom is -0.497 e. The van der Waals surface area contributed by atoms with E-state index in [-0.39, 0.29) is 19.1 Å². The summed E-state index contributed by atoms with van der Waals surface area (Å²) in [5.41, 5.74) is 0.768. The molecule has 0 fully saturated rings. The van der Waals surface area contributed by atoms with E-state index >= 15 is 0 Å². The number of methoxy groups -OCH3 is 2. The van der Waals surface area contributed by atoms with Crippen molar-refractivity contribution in [1.82, 2.24) is 15.0 Å². The highest BCUT2D eigenvalue weighted by molar-refractivity contribution is 5.77. The Morgan fingerprint density at radius 2 is 1.71 bits per heavy atom. The normalized spacial score (nSPS) is 10.4. The second-order valence-electron chi connectivity index (χ2n) is 5.96. The predicted molar refractivity (Wildman–Crippen MR) is 101 cm³/mol. The van der Waals surface area contributed by atoms with Crippen LogP contribution in [0, 0.1) is 0 Å². The summed E-state index contributed by atoms with van der Waals surface area (Å²) in [6, 6.07) is 14.4. The maximum Gasteiger partial charge on any atom is 0.260 e. The number of carbonyl (C=O) groups is 1. The van der Waals surface area contributed by atoms with Crippen LogP contribution < -0.4 is 14.2 Å². The molecule has 0 bridgehead atoms. The molecule has 8 heteroatoms. The lowest BCUT2D eigenvalue weighted by atomic mass is 10.2. The highest BCUT2D eigenvalue weighted by atomic mass is 16.5. The van der Waals surface area contributed by atoms with Crippen molar-refractivity contribution in [2.45, 2.75) is 6.54 Å². The molecule has 8 nitrogen and oxygen atoms in total. The first-order chi connectivity index (χ1) is 13.6. The Balaban J connectivity index is 1.57. The van der Waals surface area contributed by atoms with E-state index in [9.17, 15) is 4.79 Å². The van der Waals surface area contributed by atoms with Crippen LogP contribution in [0.2, 0.25) is 0 Å². The Morgan fingerprint density at radius 1 is 1.04 bits per heavy atom. The summed E-state index contributed by atoms with van der Waals surface area (Å²) in [6.07, 6.45) is 0. The van der Waals surface area contributed by atoms with Crippen molar-refractivity contribution >= 4 is 5.91 Å². The summed E-state index contributed by atoms with van der Waals surface area (Å²) in [6.45, 7) is 0.0673. The van der Waals surface area contributed by atoms with Gasteiger partial charge >= 0.3 is 0 Å². The van der Waals surface area contributed by atoms with E-state index in [0.717, 1.165) is 5.56 Å². The van der Waals surface area contributed by atoms with Gasteiger partial charge in [-0.2, -0.15) is 4.98 Å². The van der Waals surface area contributed by atoms with Crippen molar-refractivity contribution in [2.24, 2.45) is 0 Å². The average molecular weight is 383 g/mol. The Bertz CT molecular complexity index is 941. The topological polar surface area (TPSA) is 86.9 Å². The molecule has 0 N–H and O–H groups in total. The molecular formula is C20H21N3O5. The molecule has 3 aromatic rings. The number of carbonyl (C=O) groups excluding carboxylic acids is 1. The fourth-order valence-electron chi connectivity index (χ4n) is 2.44. The van der Waals surface area contributed by atoms with Crippen LogP contribution in [0.3, 0.4) is 0 Å². The summed E-state index contributed by atoms with van der Waals surface area (Å²) >= 11 is 0. The lowest BCUT2D eigenvalue weighted by Crippen LogP contribution is -2.31. The predicted octanol–water partition coefficient (Wildman–Crippen LogP) is 2.79. The Hall–Kier alpha value is -3.55. The van der Waals surface area contributed by atoms with Crippen LogP contribution >= 0.6 is 0 Å². The molecule has 0 saturated heterocycles. The SMILES string of the molecule is COc1cccc(OCC(=O)N(C)Cc2nc(-c3cccc(OC)c3)no2)c1. The first-order valence-electron chi connectivity index (χ1n) is 8.57. The van der Waals surface area contributed by atoms with Gasteiger partial charge in [0.2, 0.25) is 11.7 Å². The van der Waals surface area contributed by atoms with Crippen LogP contribution in [0.1, 0.15) is 5.89 Å². The number of hydrogen-bond acceptors (Lipinski definition) is 7. The van der Waals surface area contributed by atoms with E-state index in [1.165, 1.54) is 4.90 Å². The Kier molecular flexibility index (Phi) is 6.11. The minimum atomic E-state index is -0.219. The Morgan fingerprint density at radius 3 is 2.46 bits per heavy atom. The first kappa shape index (κ1) is 19.2. The van der Waals surface area contributed by atoms with E-state index in [1.54, 1.807) is 45.5 Å². The third-order valence-electron chi connectivity index (χ3n) is 4.00. The van der Waals surface area contributed by atoms with Crippen molar-refractivity contribution < 1.29 is 23.5 Å². The third-order valence-corrected chi connectivity index (χ3v) is 4.00. The standard InChI is InChI=1S/C20H21N3O5/c1-23(19(24)13-27-17-9-5-8-16(11-17)26-3)12-18-21-20(22-28-18)14-6-4-7-15(10-14)25-2/h4-11H,12-13H2,1-3H3. The maximum absolute atomic E-state index is 12.3. The highest BCUT2D eigenvalue weighted by Gasteiger charge is 2.15. The monoisotopic (exact) mass is 383 g/mol. The van der Waals surface area contributed by atoms with Crippen LogP contribution in [0.15, 0.2) is 53.1 Å². The minimum absolute atomic E-state index is 0.111. The smallest absolute Gasteiger partial charge is 0.260 e. The molecule has 0 aliphatic heterocycles. The van der Waals surface area contributed by atoms with Crippen molar-refractivity contribution in [2.75, 3.05) is 27.9 Å². The zero-order valence-electron chi connectivity index (χ0n) is 15.9. The summed E-state index contributed by atoms with van der Waals surface area (Å²) in [5, 5.41) is 3.96. The van der Waals surface area contributed by atoms with Gasteiger partial charge in [0.25, 0.3) is 5.91 Å². The van der Waals surface area contributed by atoms with Crippen LogP contribution in [0.5, 0.6) is 17.2 Å². The molecule has 0 aliphatic rings. The van der Waals surface area contributed by atoms with Gasteiger partial charge in [0, 0.05) is 18.7 Å². The number of rotatable bonds is 8. The molecule has 3 rings (SSSR count). The zero-order chi connectivity index (χ0) is 19.9. The molecular weight excluding hydrogens is 362 g/mol. The quantitative estimate of drug-likeness (QED) is 0.591. The number of ether oxygens (including phenoxy) is 3. The molecule has 0 unspecified atom stereocenters. The van der Waals surface area contributed by atoms with Crippen molar-refractivity contribution in [3.8, 4) is 28.6 Å². The fraction of sp³-hybridized carbons (Fsp3) is 0.250. The van der Waals surface area contributed by atoms with Gasteiger partial charge in [-0.3, -0.25) is 4.79 Å². The molecule has 0 radical (unpaired) electrons. The van der Waals surface area contributed by atoms with Crippen LogP contribution in [-0.2, 0) is 11.3 Å². The number of nitrogens with zero attached hydrogens (tertiary/aromatic N) is 3. The van der Waals surface area contributed by atoms with E-state index in [1.807, 2.05) is 24.3 Å². The lowest BCUT2D eigenvalue weighted by Gasteiger charge is -2.15. The molecule has 1 amide bonds. The summed E-state index contributed by atoms with van der Waals surface area (Å²) in [7, 11) is 4.81. The van der Waals surface area contributed by atoms with Gasteiger partial charge in [0.05, 0.1) is 20.8 Å². The second kappa shape index (κ2) is 8.90. The molecule has 0 spiro atoms. The van der Waals surface area contributed by atoms with Gasteiger partial charge < -0.3 is 23.6 Å². The molecule has 146 valence electrons. The molecule has 2 aromatic carbocycles. The van der Waals surface area contributed by atoms with Gasteiger partial charge in [-0.05, 0) is 24.3 Å². The van der Waals surface area contributed by atoms with Crippen molar-refractivity contribution in [3.05, 3.63) is 54.4 Å². The molecule has 0 saturated carbocycles. The van der Waals surface area contributed by atoms with E-state index in [4.69, 9.17) is 18.7 Å². The zero-order valence-corrected chi connectivity index (χ0v) is 15.9. The lowest BCUT2D eigenvalue weighted by molar-refractivity contribution is -0.132. The van der Waals surface area contributed by atoms with Gasteiger partial charge in [0.15, 0.2) is 6.61 Å². The summed E-state index contributed by atoms with van der Waals surface area (Å²) < 4.78 is 21.1. The third kappa shape index (κ3) is 4.79. The number of likely N-dealkylation sites (N-methyl/N-ethyl adjacent to an activating group) is 1. The largest absolute Gasteiger partial charge is 0.497 e. The summed E-state index contributed by atoms with van der Waals surface area (Å²) in [5.74, 6) is 2.46. The number of benzene rings is 2. The van der Waals surface area contributed by atoms with Crippen LogP contribution in [0.25, 0.3) is 11.4 Å². The van der Waals surface area contributed by atoms with E-state index in [0.29, 0.717) is 29.0 Å². The van der Waals surface area contributed by atoms with Gasteiger partial charge in [-0.1, -0.05) is 23.4 Å². The number of hydrogen-bond donors (Lipinski definition) is 0. The van der Waals surface area contributed by atoms with Crippen molar-refractivity contribution in [3.63, 3.8) is 0 Å². The van der Waals surface area contributed by atoms with Crippen LogP contribution in [-0.4, -0.2) is 48.8 Å². The van der Waals surface area contributed by atoms with Crippen molar-refractivity contribution in [1.29, 1.82) is 0 Å².